The van der Waals surface area contributed by atoms with Crippen LogP contribution in [0, 0.1) is 10.1 Å². The van der Waals surface area contributed by atoms with Gasteiger partial charge in [0.1, 0.15) is 6.61 Å². The van der Waals surface area contributed by atoms with Crippen LogP contribution in [-0.4, -0.2) is 19.0 Å². The molecule has 0 heterocycles. The predicted octanol–water partition coefficient (Wildman–Crippen LogP) is 4.75. The van der Waals surface area contributed by atoms with Crippen molar-refractivity contribution in [2.45, 2.75) is 6.61 Å². The molecular formula is C21H23N3O3. The van der Waals surface area contributed by atoms with E-state index in [1.807, 2.05) is 74.8 Å². The molecule has 3 aromatic carbocycles. The van der Waals surface area contributed by atoms with E-state index >= 15 is 0 Å². The van der Waals surface area contributed by atoms with Gasteiger partial charge in [0.2, 0.25) is 0 Å². The Morgan fingerprint density at radius 1 is 0.889 bits per heavy atom. The number of rotatable bonds is 6. The number of hydrogen-bond acceptors (Lipinski definition) is 5. The maximum absolute atomic E-state index is 11.2. The Labute approximate surface area is 159 Å². The minimum Gasteiger partial charge on any atom is -0.482 e. The van der Waals surface area contributed by atoms with E-state index in [-0.39, 0.29) is 18.0 Å². The summed E-state index contributed by atoms with van der Waals surface area (Å²) in [6, 6.07) is 23.9. The zero-order chi connectivity index (χ0) is 19.5. The van der Waals surface area contributed by atoms with Crippen molar-refractivity contribution in [3.8, 4) is 5.75 Å². The van der Waals surface area contributed by atoms with Gasteiger partial charge in [-0.15, -0.1) is 0 Å². The highest BCUT2D eigenvalue weighted by Gasteiger charge is 2.16. The van der Waals surface area contributed by atoms with Crippen molar-refractivity contribution in [2.75, 3.05) is 19.4 Å². The second kappa shape index (κ2) is 10.6. The fourth-order valence-electron chi connectivity index (χ4n) is 2.28. The Hall–Kier alpha value is -3.38. The molecule has 0 fully saturated rings. The van der Waals surface area contributed by atoms with Gasteiger partial charge in [-0.05, 0) is 37.9 Å². The molecule has 0 amide bonds. The molecule has 0 bridgehead atoms. The number of ether oxygens (including phenoxy) is 1. The first-order valence-corrected chi connectivity index (χ1v) is 8.49. The van der Waals surface area contributed by atoms with Crippen molar-refractivity contribution in [1.82, 2.24) is 5.32 Å². The number of nitrogens with one attached hydrogen (secondary N) is 2. The van der Waals surface area contributed by atoms with Crippen molar-refractivity contribution in [3.63, 3.8) is 0 Å². The van der Waals surface area contributed by atoms with Crippen LogP contribution in [0.2, 0.25) is 0 Å². The molecule has 0 atom stereocenters. The van der Waals surface area contributed by atoms with Crippen LogP contribution in [0.4, 0.5) is 17.1 Å². The van der Waals surface area contributed by atoms with E-state index in [1.165, 1.54) is 6.07 Å². The lowest BCUT2D eigenvalue weighted by molar-refractivity contribution is -0.385. The molecule has 140 valence electrons. The van der Waals surface area contributed by atoms with Gasteiger partial charge in [-0.2, -0.15) is 0 Å². The summed E-state index contributed by atoms with van der Waals surface area (Å²) in [4.78, 5) is 10.8. The van der Waals surface area contributed by atoms with Gasteiger partial charge in [0.05, 0.1) is 4.92 Å². The number of nitro benzene ring substituents is 1. The van der Waals surface area contributed by atoms with Crippen LogP contribution in [0.3, 0.4) is 0 Å². The van der Waals surface area contributed by atoms with Crippen molar-refractivity contribution >= 4 is 17.1 Å². The summed E-state index contributed by atoms with van der Waals surface area (Å²) < 4.78 is 5.68. The van der Waals surface area contributed by atoms with E-state index in [9.17, 15) is 10.1 Å². The van der Waals surface area contributed by atoms with E-state index in [0.717, 1.165) is 16.9 Å². The fraction of sp³-hybridized carbons (Fsp3) is 0.143. The van der Waals surface area contributed by atoms with E-state index in [2.05, 4.69) is 10.6 Å². The molecule has 3 aromatic rings. The average Bonchev–Trinajstić information content (AvgIpc) is 2.68. The Kier molecular flexibility index (Phi) is 7.81. The highest BCUT2D eigenvalue weighted by Crippen LogP contribution is 2.32. The Bertz CT molecular complexity index is 840. The van der Waals surface area contributed by atoms with Crippen LogP contribution >= 0.6 is 0 Å². The Morgan fingerprint density at radius 3 is 2.07 bits per heavy atom. The summed E-state index contributed by atoms with van der Waals surface area (Å²) in [5.74, 6) is 0.241. The van der Waals surface area contributed by atoms with E-state index in [0.29, 0.717) is 0 Å². The fourth-order valence-corrected chi connectivity index (χ4v) is 2.28. The SMILES string of the molecule is CNC.O=[N+]([O-])c1ccc(Nc2ccccc2)cc1OCc1ccccc1. The van der Waals surface area contributed by atoms with Crippen molar-refractivity contribution in [3.05, 3.63) is 94.5 Å². The molecule has 0 unspecified atom stereocenters. The van der Waals surface area contributed by atoms with Gasteiger partial charge in [0.25, 0.3) is 0 Å². The summed E-state index contributed by atoms with van der Waals surface area (Å²) in [6.45, 7) is 0.274. The molecule has 3 rings (SSSR count). The first kappa shape index (κ1) is 19.9. The molecule has 0 saturated heterocycles. The number of nitro groups is 1. The molecule has 0 saturated carbocycles. The molecule has 6 nitrogen and oxygen atoms in total. The molecule has 2 N–H and O–H groups in total. The maximum Gasteiger partial charge on any atom is 0.311 e. The van der Waals surface area contributed by atoms with Gasteiger partial charge in [0.15, 0.2) is 5.75 Å². The first-order chi connectivity index (χ1) is 13.1. The van der Waals surface area contributed by atoms with E-state index in [1.54, 1.807) is 12.1 Å². The van der Waals surface area contributed by atoms with Gasteiger partial charge in [-0.3, -0.25) is 10.1 Å². The molecule has 0 radical (unpaired) electrons. The number of nitrogens with zero attached hydrogens (tertiary/aromatic N) is 1. The summed E-state index contributed by atoms with van der Waals surface area (Å²) in [6.07, 6.45) is 0. The standard InChI is InChI=1S/C19H16N2O3.C2H7N/c22-21(23)18-12-11-17(20-16-9-5-2-6-10-16)13-19(18)24-14-15-7-3-1-4-8-15;1-3-2/h1-13,20H,14H2;3H,1-2H3. The van der Waals surface area contributed by atoms with Gasteiger partial charge >= 0.3 is 5.69 Å². The summed E-state index contributed by atoms with van der Waals surface area (Å²) in [5, 5.41) is 17.2. The van der Waals surface area contributed by atoms with Gasteiger partial charge < -0.3 is 15.4 Å². The quantitative estimate of drug-likeness (QED) is 0.487. The Morgan fingerprint density at radius 2 is 1.48 bits per heavy atom. The molecular weight excluding hydrogens is 342 g/mol. The summed E-state index contributed by atoms with van der Waals surface area (Å²) in [7, 11) is 3.75. The minimum atomic E-state index is -0.438. The van der Waals surface area contributed by atoms with Crippen molar-refractivity contribution < 1.29 is 9.66 Å². The van der Waals surface area contributed by atoms with Crippen LogP contribution in [0.1, 0.15) is 5.56 Å². The Balaban J connectivity index is 0.000000817. The van der Waals surface area contributed by atoms with Crippen molar-refractivity contribution in [2.24, 2.45) is 0 Å². The third kappa shape index (κ3) is 6.45. The second-order valence-electron chi connectivity index (χ2n) is 5.70. The number of para-hydroxylation sites is 1. The minimum absolute atomic E-state index is 0.0513. The largest absolute Gasteiger partial charge is 0.482 e. The lowest BCUT2D eigenvalue weighted by Crippen LogP contribution is -2.00. The van der Waals surface area contributed by atoms with E-state index < -0.39 is 4.92 Å². The smallest absolute Gasteiger partial charge is 0.311 e. The molecule has 0 aliphatic carbocycles. The third-order valence-electron chi connectivity index (χ3n) is 3.46. The molecule has 0 spiro atoms. The molecule has 6 heteroatoms. The maximum atomic E-state index is 11.2. The van der Waals surface area contributed by atoms with Crippen LogP contribution in [0.15, 0.2) is 78.9 Å². The first-order valence-electron chi connectivity index (χ1n) is 8.49. The second-order valence-corrected chi connectivity index (χ2v) is 5.70. The number of hydrogen-bond donors (Lipinski definition) is 2. The molecule has 27 heavy (non-hydrogen) atoms. The van der Waals surface area contributed by atoms with Crippen molar-refractivity contribution in [1.29, 1.82) is 0 Å². The van der Waals surface area contributed by atoms with Crippen LogP contribution in [-0.2, 0) is 6.61 Å². The van der Waals surface area contributed by atoms with Gasteiger partial charge in [-0.25, -0.2) is 0 Å². The molecule has 0 aliphatic heterocycles. The lowest BCUT2D eigenvalue weighted by Gasteiger charge is -2.10. The lowest BCUT2D eigenvalue weighted by atomic mass is 10.2. The van der Waals surface area contributed by atoms with Crippen LogP contribution in [0.25, 0.3) is 0 Å². The summed E-state index contributed by atoms with van der Waals surface area (Å²) in [5.41, 5.74) is 2.54. The predicted molar refractivity (Wildman–Crippen MR) is 109 cm³/mol. The highest BCUT2D eigenvalue weighted by molar-refractivity contribution is 5.64. The molecule has 0 aliphatic rings. The number of benzene rings is 3. The monoisotopic (exact) mass is 365 g/mol. The molecule has 0 aromatic heterocycles. The zero-order valence-corrected chi connectivity index (χ0v) is 15.4. The third-order valence-corrected chi connectivity index (χ3v) is 3.46. The van der Waals surface area contributed by atoms with E-state index in [4.69, 9.17) is 4.74 Å². The normalized spacial score (nSPS) is 9.70. The topological polar surface area (TPSA) is 76.4 Å². The number of anilines is 2. The highest BCUT2D eigenvalue weighted by atomic mass is 16.6. The van der Waals surface area contributed by atoms with Crippen LogP contribution in [0.5, 0.6) is 5.75 Å². The summed E-state index contributed by atoms with van der Waals surface area (Å²) >= 11 is 0. The van der Waals surface area contributed by atoms with Gasteiger partial charge in [0, 0.05) is 23.5 Å². The van der Waals surface area contributed by atoms with Gasteiger partial charge in [-0.1, -0.05) is 48.5 Å². The van der Waals surface area contributed by atoms with Crippen LogP contribution < -0.4 is 15.4 Å². The zero-order valence-electron chi connectivity index (χ0n) is 15.4. The average molecular weight is 365 g/mol.